The average molecular weight is 402 g/mol. The van der Waals surface area contributed by atoms with Crippen LogP contribution < -0.4 is 11.5 Å². The van der Waals surface area contributed by atoms with Gasteiger partial charge in [-0.05, 0) is 30.9 Å². The second-order valence-electron chi connectivity index (χ2n) is 8.07. The van der Waals surface area contributed by atoms with Gasteiger partial charge >= 0.3 is 0 Å². The van der Waals surface area contributed by atoms with E-state index in [9.17, 15) is 35.1 Å². The SMILES string of the molecule is C[C@@]1(O)c2cccc(O)c2C(O)C2=C(O)C3C(=O)C(C(N)=O)=C(O)[C@@H](N)[C@@H]3C[C@@H]21. The zero-order chi connectivity index (χ0) is 21.4. The van der Waals surface area contributed by atoms with Crippen molar-refractivity contribution >= 4 is 11.7 Å². The van der Waals surface area contributed by atoms with E-state index in [0.29, 0.717) is 5.56 Å². The number of carbonyl (C=O) groups excluding carboxylic acids is 2. The van der Waals surface area contributed by atoms with Crippen LogP contribution in [0.3, 0.4) is 0 Å². The van der Waals surface area contributed by atoms with Crippen LogP contribution in [0, 0.1) is 17.8 Å². The summed E-state index contributed by atoms with van der Waals surface area (Å²) in [6, 6.07) is 3.27. The fraction of sp³-hybridized carbons (Fsp3) is 0.400. The molecule has 9 heteroatoms. The lowest BCUT2D eigenvalue weighted by molar-refractivity contribution is -0.127. The molecule has 9 nitrogen and oxygen atoms in total. The topological polar surface area (TPSA) is 187 Å². The van der Waals surface area contributed by atoms with Crippen LogP contribution in [-0.2, 0) is 15.2 Å². The van der Waals surface area contributed by atoms with Crippen molar-refractivity contribution in [2.75, 3.05) is 0 Å². The zero-order valence-corrected chi connectivity index (χ0v) is 15.5. The molecule has 0 saturated heterocycles. The van der Waals surface area contributed by atoms with Crippen molar-refractivity contribution < 1.29 is 35.1 Å². The third kappa shape index (κ3) is 2.38. The fourth-order valence-corrected chi connectivity index (χ4v) is 5.16. The van der Waals surface area contributed by atoms with Gasteiger partial charge in [0.2, 0.25) is 0 Å². The highest BCUT2D eigenvalue weighted by molar-refractivity contribution is 6.21. The second kappa shape index (κ2) is 6.06. The number of nitrogens with two attached hydrogens (primary N) is 2. The number of primary amides is 1. The summed E-state index contributed by atoms with van der Waals surface area (Å²) in [7, 11) is 0. The molecule has 4 rings (SSSR count). The first-order valence-corrected chi connectivity index (χ1v) is 9.18. The Morgan fingerprint density at radius 1 is 1.21 bits per heavy atom. The first kappa shape index (κ1) is 19.4. The number of allylic oxidation sites excluding steroid dienone is 1. The Hall–Kier alpha value is -2.88. The minimum atomic E-state index is -1.60. The number of fused-ring (bicyclic) bond motifs is 3. The van der Waals surface area contributed by atoms with Crippen molar-refractivity contribution in [3.8, 4) is 5.75 Å². The maximum absolute atomic E-state index is 12.9. The van der Waals surface area contributed by atoms with Crippen LogP contribution in [0.4, 0.5) is 0 Å². The molecule has 2 unspecified atom stereocenters. The number of benzene rings is 1. The van der Waals surface area contributed by atoms with Crippen molar-refractivity contribution in [1.29, 1.82) is 0 Å². The Morgan fingerprint density at radius 3 is 2.48 bits per heavy atom. The van der Waals surface area contributed by atoms with Gasteiger partial charge in [-0.3, -0.25) is 9.59 Å². The van der Waals surface area contributed by atoms with E-state index in [1.807, 2.05) is 0 Å². The molecule has 0 aromatic heterocycles. The number of amides is 1. The molecule has 1 aromatic rings. The van der Waals surface area contributed by atoms with Gasteiger partial charge in [0.1, 0.15) is 28.9 Å². The van der Waals surface area contributed by atoms with E-state index in [-0.39, 0.29) is 23.3 Å². The summed E-state index contributed by atoms with van der Waals surface area (Å²) in [6.45, 7) is 1.48. The lowest BCUT2D eigenvalue weighted by Gasteiger charge is -2.50. The van der Waals surface area contributed by atoms with E-state index in [1.165, 1.54) is 19.1 Å². The monoisotopic (exact) mass is 402 g/mol. The molecule has 29 heavy (non-hydrogen) atoms. The average Bonchev–Trinajstić information content (AvgIpc) is 2.63. The van der Waals surface area contributed by atoms with Gasteiger partial charge in [-0.1, -0.05) is 12.1 Å². The predicted molar refractivity (Wildman–Crippen MR) is 99.2 cm³/mol. The van der Waals surface area contributed by atoms with E-state index in [0.717, 1.165) is 0 Å². The Bertz CT molecular complexity index is 1010. The summed E-state index contributed by atoms with van der Waals surface area (Å²) >= 11 is 0. The molecule has 154 valence electrons. The predicted octanol–water partition coefficient (Wildman–Crippen LogP) is -0.0815. The van der Waals surface area contributed by atoms with Gasteiger partial charge in [0.05, 0.1) is 17.6 Å². The van der Waals surface area contributed by atoms with Gasteiger partial charge in [0.15, 0.2) is 5.78 Å². The summed E-state index contributed by atoms with van der Waals surface area (Å²) < 4.78 is 0. The molecule has 0 fully saturated rings. The fourth-order valence-electron chi connectivity index (χ4n) is 5.16. The largest absolute Gasteiger partial charge is 0.511 e. The smallest absolute Gasteiger partial charge is 0.255 e. The standard InChI is InChI=1S/C20H22N2O7/c1-20(29)7-3-2-4-9(23)11(7)17(26)12-8(20)5-6-10(15(12)24)16(25)13(19(22)28)18(27)14(6)21/h2-4,6,8,10,14,17,23-24,26-27,29H,5,21H2,1H3,(H2,22,28)/t6-,8+,10?,14+,17?,20-/m1/s1. The molecule has 0 radical (unpaired) electrons. The molecule has 1 amide bonds. The van der Waals surface area contributed by atoms with Crippen LogP contribution >= 0.6 is 0 Å². The van der Waals surface area contributed by atoms with E-state index >= 15 is 0 Å². The molecule has 0 spiro atoms. The lowest BCUT2D eigenvalue weighted by Crippen LogP contribution is -2.54. The van der Waals surface area contributed by atoms with Gasteiger partial charge in [-0.25, -0.2) is 0 Å². The van der Waals surface area contributed by atoms with E-state index < -0.39 is 64.3 Å². The number of aliphatic hydroxyl groups is 4. The Morgan fingerprint density at radius 2 is 1.86 bits per heavy atom. The quantitative estimate of drug-likeness (QED) is 0.318. The number of phenols is 1. The summed E-state index contributed by atoms with van der Waals surface area (Å²) in [5, 5.41) is 53.7. The van der Waals surface area contributed by atoms with Crippen LogP contribution in [0.15, 0.2) is 40.9 Å². The van der Waals surface area contributed by atoms with Crippen molar-refractivity contribution in [2.24, 2.45) is 29.2 Å². The number of hydrogen-bond donors (Lipinski definition) is 7. The lowest BCUT2D eigenvalue weighted by atomic mass is 9.57. The van der Waals surface area contributed by atoms with Gasteiger partial charge < -0.3 is 37.0 Å². The van der Waals surface area contributed by atoms with Gasteiger partial charge in [-0.2, -0.15) is 0 Å². The summed E-state index contributed by atoms with van der Waals surface area (Å²) in [5.74, 6) is -6.45. The van der Waals surface area contributed by atoms with Crippen molar-refractivity contribution in [3.05, 3.63) is 52.0 Å². The number of rotatable bonds is 1. The van der Waals surface area contributed by atoms with E-state index in [4.69, 9.17) is 11.5 Å². The number of aliphatic hydroxyl groups excluding tert-OH is 3. The number of carbonyl (C=O) groups is 2. The third-order valence-electron chi connectivity index (χ3n) is 6.59. The molecule has 9 N–H and O–H groups in total. The second-order valence-corrected chi connectivity index (χ2v) is 8.07. The van der Waals surface area contributed by atoms with Crippen molar-refractivity contribution in [3.63, 3.8) is 0 Å². The maximum atomic E-state index is 12.9. The Kier molecular flexibility index (Phi) is 4.06. The molecule has 0 aliphatic heterocycles. The summed E-state index contributed by atoms with van der Waals surface area (Å²) in [5.41, 5.74) is 9.30. The highest BCUT2D eigenvalue weighted by Crippen LogP contribution is 2.57. The van der Waals surface area contributed by atoms with Crippen molar-refractivity contribution in [2.45, 2.75) is 31.1 Å². The molecular weight excluding hydrogens is 380 g/mol. The summed E-state index contributed by atoms with van der Waals surface area (Å²) in [4.78, 5) is 24.5. The summed E-state index contributed by atoms with van der Waals surface area (Å²) in [6.07, 6.45) is -1.43. The first-order valence-electron chi connectivity index (χ1n) is 9.18. The van der Waals surface area contributed by atoms with Gasteiger partial charge in [0.25, 0.3) is 5.91 Å². The molecule has 1 aromatic carbocycles. The zero-order valence-electron chi connectivity index (χ0n) is 15.5. The number of hydrogen-bond acceptors (Lipinski definition) is 8. The number of Topliss-reactive ketones (excluding diaryl/α,β-unsaturated/α-hetero) is 1. The van der Waals surface area contributed by atoms with E-state index in [1.54, 1.807) is 6.07 Å². The number of phenolic OH excluding ortho intramolecular Hbond substituents is 1. The normalized spacial score (nSPS) is 36.4. The van der Waals surface area contributed by atoms with Crippen molar-refractivity contribution in [1.82, 2.24) is 0 Å². The molecule has 3 aliphatic carbocycles. The van der Waals surface area contributed by atoms with Crippen LogP contribution in [0.25, 0.3) is 0 Å². The Labute approximate surface area is 165 Å². The minimum Gasteiger partial charge on any atom is -0.511 e. The van der Waals surface area contributed by atoms with Gasteiger partial charge in [-0.15, -0.1) is 0 Å². The van der Waals surface area contributed by atoms with Crippen LogP contribution in [0.2, 0.25) is 0 Å². The highest BCUT2D eigenvalue weighted by atomic mass is 16.3. The highest BCUT2D eigenvalue weighted by Gasteiger charge is 2.57. The first-order chi connectivity index (χ1) is 13.5. The van der Waals surface area contributed by atoms with Crippen LogP contribution in [0.1, 0.15) is 30.6 Å². The molecule has 6 atom stereocenters. The van der Waals surface area contributed by atoms with Crippen LogP contribution in [0.5, 0.6) is 5.75 Å². The molecular formula is C20H22N2O7. The van der Waals surface area contributed by atoms with Crippen LogP contribution in [-0.4, -0.2) is 43.3 Å². The number of ketones is 1. The maximum Gasteiger partial charge on any atom is 0.255 e. The number of aromatic hydroxyl groups is 1. The molecule has 0 bridgehead atoms. The van der Waals surface area contributed by atoms with Gasteiger partial charge in [0, 0.05) is 17.1 Å². The van der Waals surface area contributed by atoms with E-state index in [2.05, 4.69) is 0 Å². The minimum absolute atomic E-state index is 0.0176. The molecule has 3 aliphatic rings. The molecule has 0 saturated carbocycles. The molecule has 0 heterocycles. The Balaban J connectivity index is 1.95. The third-order valence-corrected chi connectivity index (χ3v) is 6.59.